The van der Waals surface area contributed by atoms with Crippen LogP contribution in [0.4, 0.5) is 4.39 Å². The lowest BCUT2D eigenvalue weighted by atomic mass is 10.0. The van der Waals surface area contributed by atoms with Crippen LogP contribution in [-0.4, -0.2) is 11.0 Å². The summed E-state index contributed by atoms with van der Waals surface area (Å²) in [5.74, 6) is -0.491. The van der Waals surface area contributed by atoms with Crippen molar-refractivity contribution in [1.29, 1.82) is 0 Å². The van der Waals surface area contributed by atoms with Gasteiger partial charge in [0.1, 0.15) is 5.15 Å². The zero-order valence-corrected chi connectivity index (χ0v) is 9.90. The summed E-state index contributed by atoms with van der Waals surface area (Å²) in [5.41, 5.74) is 6.49. The summed E-state index contributed by atoms with van der Waals surface area (Å²) >= 11 is 11.4. The molecule has 0 aliphatic heterocycles. The Hall–Kier alpha value is -0.380. The van der Waals surface area contributed by atoms with E-state index in [9.17, 15) is 4.39 Å². The fourth-order valence-electron chi connectivity index (χ4n) is 1.95. The highest BCUT2D eigenvalue weighted by atomic mass is 35.5. The van der Waals surface area contributed by atoms with Gasteiger partial charge in [-0.1, -0.05) is 37.0 Å². The molecule has 2 N–H and O–H groups in total. The summed E-state index contributed by atoms with van der Waals surface area (Å²) < 4.78 is 13.2. The molecule has 0 bridgehead atoms. The molecular weight excluding hydrogens is 238 g/mol. The predicted molar refractivity (Wildman–Crippen MR) is 58.7 cm³/mol. The Morgan fingerprint density at radius 3 is 2.40 bits per heavy atom. The second kappa shape index (κ2) is 3.30. The molecule has 1 aromatic heterocycles. The van der Waals surface area contributed by atoms with E-state index >= 15 is 0 Å². The normalized spacial score (nSPS) is 27.9. The van der Waals surface area contributed by atoms with Crippen molar-refractivity contribution in [3.05, 3.63) is 27.8 Å². The summed E-state index contributed by atoms with van der Waals surface area (Å²) in [6, 6.07) is 1.33. The molecule has 0 amide bonds. The summed E-state index contributed by atoms with van der Waals surface area (Å²) in [6.07, 6.45) is 0. The Kier molecular flexibility index (Phi) is 2.45. The molecule has 1 aliphatic carbocycles. The predicted octanol–water partition coefficient (Wildman–Crippen LogP) is 2.98. The first-order chi connectivity index (χ1) is 6.85. The van der Waals surface area contributed by atoms with Gasteiger partial charge in [0.15, 0.2) is 11.0 Å². The molecule has 1 saturated carbocycles. The van der Waals surface area contributed by atoms with Crippen LogP contribution < -0.4 is 5.73 Å². The second-order valence-electron chi connectivity index (χ2n) is 4.47. The van der Waals surface area contributed by atoms with Gasteiger partial charge in [-0.3, -0.25) is 0 Å². The van der Waals surface area contributed by atoms with Crippen molar-refractivity contribution >= 4 is 23.2 Å². The molecule has 1 aromatic rings. The van der Waals surface area contributed by atoms with Crippen LogP contribution in [0.25, 0.3) is 0 Å². The molecule has 0 saturated heterocycles. The maximum absolute atomic E-state index is 13.2. The van der Waals surface area contributed by atoms with Crippen LogP contribution in [0.5, 0.6) is 0 Å². The Morgan fingerprint density at radius 2 is 1.93 bits per heavy atom. The fraction of sp³-hybridized carbons (Fsp3) is 0.500. The quantitative estimate of drug-likeness (QED) is 0.777. The van der Waals surface area contributed by atoms with E-state index in [1.165, 1.54) is 6.07 Å². The number of hydrogen-bond acceptors (Lipinski definition) is 2. The molecule has 2 rings (SSSR count). The maximum Gasteiger partial charge on any atom is 0.166 e. The summed E-state index contributed by atoms with van der Waals surface area (Å²) in [7, 11) is 0. The lowest BCUT2D eigenvalue weighted by Crippen LogP contribution is -2.06. The fourth-order valence-corrected chi connectivity index (χ4v) is 2.39. The van der Waals surface area contributed by atoms with E-state index in [-0.39, 0.29) is 27.7 Å². The van der Waals surface area contributed by atoms with Gasteiger partial charge >= 0.3 is 0 Å². The number of halogens is 3. The second-order valence-corrected chi connectivity index (χ2v) is 5.18. The van der Waals surface area contributed by atoms with Gasteiger partial charge in [0.05, 0.1) is 0 Å². The first kappa shape index (κ1) is 11.1. The van der Waals surface area contributed by atoms with Crippen molar-refractivity contribution in [3.63, 3.8) is 0 Å². The van der Waals surface area contributed by atoms with Crippen LogP contribution in [0.2, 0.25) is 10.3 Å². The minimum Gasteiger partial charge on any atom is -0.327 e. The number of nitrogens with two attached hydrogens (primary N) is 1. The van der Waals surface area contributed by atoms with Gasteiger partial charge in [-0.2, -0.15) is 0 Å². The molecule has 15 heavy (non-hydrogen) atoms. The first-order valence-electron chi connectivity index (χ1n) is 4.62. The molecule has 0 unspecified atom stereocenters. The van der Waals surface area contributed by atoms with Crippen LogP contribution in [0.1, 0.15) is 25.3 Å². The minimum atomic E-state index is -0.550. The van der Waals surface area contributed by atoms with Gasteiger partial charge in [-0.05, 0) is 17.0 Å². The number of aromatic nitrogens is 1. The highest BCUT2D eigenvalue weighted by molar-refractivity contribution is 6.33. The average molecular weight is 249 g/mol. The molecule has 2 atom stereocenters. The van der Waals surface area contributed by atoms with E-state index in [0.717, 1.165) is 0 Å². The van der Waals surface area contributed by atoms with Gasteiger partial charge in [-0.25, -0.2) is 9.37 Å². The summed E-state index contributed by atoms with van der Waals surface area (Å²) in [6.45, 7) is 4.04. The Morgan fingerprint density at radius 1 is 1.40 bits per heavy atom. The van der Waals surface area contributed by atoms with Crippen LogP contribution in [0.3, 0.4) is 0 Å². The SMILES string of the molecule is CC1(C)[C@H](N)[C@H]1c1cc(F)c(Cl)nc1Cl. The number of nitrogens with zero attached hydrogens (tertiary/aromatic N) is 1. The Balaban J connectivity index is 2.43. The molecule has 1 fully saturated rings. The lowest BCUT2D eigenvalue weighted by molar-refractivity contribution is 0.592. The number of pyridine rings is 1. The molecule has 2 nitrogen and oxygen atoms in total. The lowest BCUT2D eigenvalue weighted by Gasteiger charge is -2.05. The van der Waals surface area contributed by atoms with Crippen molar-refractivity contribution in [2.24, 2.45) is 11.1 Å². The van der Waals surface area contributed by atoms with Crippen molar-refractivity contribution < 1.29 is 4.39 Å². The van der Waals surface area contributed by atoms with Gasteiger partial charge in [0.25, 0.3) is 0 Å². The first-order valence-corrected chi connectivity index (χ1v) is 5.38. The van der Waals surface area contributed by atoms with Gasteiger partial charge in [0.2, 0.25) is 0 Å². The van der Waals surface area contributed by atoms with Crippen molar-refractivity contribution in [2.45, 2.75) is 25.8 Å². The molecule has 0 spiro atoms. The third-order valence-corrected chi connectivity index (χ3v) is 3.73. The summed E-state index contributed by atoms with van der Waals surface area (Å²) in [4.78, 5) is 3.73. The molecule has 1 heterocycles. The Labute approximate surface area is 97.6 Å². The van der Waals surface area contributed by atoms with Crippen LogP contribution >= 0.6 is 23.2 Å². The van der Waals surface area contributed by atoms with Gasteiger partial charge < -0.3 is 5.73 Å². The van der Waals surface area contributed by atoms with E-state index in [4.69, 9.17) is 28.9 Å². The van der Waals surface area contributed by atoms with E-state index in [1.807, 2.05) is 13.8 Å². The highest BCUT2D eigenvalue weighted by Gasteiger charge is 2.57. The van der Waals surface area contributed by atoms with Crippen LogP contribution in [-0.2, 0) is 0 Å². The monoisotopic (exact) mass is 248 g/mol. The molecule has 1 aliphatic rings. The standard InChI is InChI=1S/C10H11Cl2FN2/c1-10(2)6(7(10)14)4-3-5(13)9(12)15-8(4)11/h3,6-7H,14H2,1-2H3/t6-,7-/m1/s1. The smallest absolute Gasteiger partial charge is 0.166 e. The third kappa shape index (κ3) is 1.63. The van der Waals surface area contributed by atoms with Crippen molar-refractivity contribution in [1.82, 2.24) is 4.98 Å². The third-order valence-electron chi connectivity index (χ3n) is 3.16. The molecule has 0 radical (unpaired) electrons. The molecule has 82 valence electrons. The van der Waals surface area contributed by atoms with Crippen LogP contribution in [0, 0.1) is 11.2 Å². The maximum atomic E-state index is 13.2. The average Bonchev–Trinajstić information content (AvgIpc) is 2.60. The van der Waals surface area contributed by atoms with E-state index in [0.29, 0.717) is 5.56 Å². The molecule has 5 heteroatoms. The zero-order chi connectivity index (χ0) is 11.4. The van der Waals surface area contributed by atoms with Crippen LogP contribution in [0.15, 0.2) is 6.07 Å². The molecule has 0 aromatic carbocycles. The number of rotatable bonds is 1. The van der Waals surface area contributed by atoms with Crippen molar-refractivity contribution in [3.8, 4) is 0 Å². The number of hydrogen-bond donors (Lipinski definition) is 1. The largest absolute Gasteiger partial charge is 0.327 e. The molecular formula is C10H11Cl2FN2. The zero-order valence-electron chi connectivity index (χ0n) is 8.39. The Bertz CT molecular complexity index is 420. The van der Waals surface area contributed by atoms with Gasteiger partial charge in [-0.15, -0.1) is 0 Å². The van der Waals surface area contributed by atoms with E-state index in [1.54, 1.807) is 0 Å². The van der Waals surface area contributed by atoms with Gasteiger partial charge in [0, 0.05) is 12.0 Å². The topological polar surface area (TPSA) is 38.9 Å². The van der Waals surface area contributed by atoms with Crippen molar-refractivity contribution in [2.75, 3.05) is 0 Å². The van der Waals surface area contributed by atoms with E-state index in [2.05, 4.69) is 4.98 Å². The van der Waals surface area contributed by atoms with E-state index < -0.39 is 5.82 Å². The summed E-state index contributed by atoms with van der Waals surface area (Å²) in [5, 5.41) is 0.0446. The minimum absolute atomic E-state index is 0.00243. The highest BCUT2D eigenvalue weighted by Crippen LogP contribution is 2.58.